The number of hydrogen-bond acceptors (Lipinski definition) is 5. The number of halogens is 4. The number of aromatic nitrogens is 2. The van der Waals surface area contributed by atoms with Gasteiger partial charge < -0.3 is 20.5 Å². The highest BCUT2D eigenvalue weighted by Crippen LogP contribution is 2.32. The van der Waals surface area contributed by atoms with E-state index in [1.807, 2.05) is 6.92 Å². The fourth-order valence-corrected chi connectivity index (χ4v) is 3.26. The summed E-state index contributed by atoms with van der Waals surface area (Å²) in [7, 11) is 0. The molecule has 0 saturated carbocycles. The van der Waals surface area contributed by atoms with Gasteiger partial charge in [0.2, 0.25) is 0 Å². The number of carbonyl (C=O) groups excluding carboxylic acids is 1. The molecule has 1 amide bonds. The maximum absolute atomic E-state index is 13.0. The SMILES string of the molecule is CCNc1nc(Oc2ccc(C(F)(F)F)cc2)n(Cc2ccc(Cl)cc2)c1C(=O)NCCCO. The van der Waals surface area contributed by atoms with Crippen molar-refractivity contribution in [3.8, 4) is 11.8 Å². The molecule has 34 heavy (non-hydrogen) atoms. The second kappa shape index (κ2) is 11.3. The van der Waals surface area contributed by atoms with Crippen LogP contribution < -0.4 is 15.4 Å². The van der Waals surface area contributed by atoms with Crippen molar-refractivity contribution in [2.24, 2.45) is 0 Å². The van der Waals surface area contributed by atoms with Gasteiger partial charge in [0.1, 0.15) is 5.75 Å². The maximum atomic E-state index is 13.0. The number of alkyl halides is 3. The molecule has 3 aromatic rings. The molecule has 0 aliphatic rings. The van der Waals surface area contributed by atoms with Crippen molar-refractivity contribution >= 4 is 23.3 Å². The van der Waals surface area contributed by atoms with Gasteiger partial charge in [0.05, 0.1) is 12.1 Å². The summed E-state index contributed by atoms with van der Waals surface area (Å²) in [4.78, 5) is 17.4. The Bertz CT molecular complexity index is 1100. The van der Waals surface area contributed by atoms with E-state index in [0.29, 0.717) is 18.0 Å². The summed E-state index contributed by atoms with van der Waals surface area (Å²) in [5, 5.41) is 15.3. The number of benzene rings is 2. The number of aliphatic hydroxyl groups excluding tert-OH is 1. The van der Waals surface area contributed by atoms with E-state index in [1.54, 1.807) is 24.3 Å². The summed E-state index contributed by atoms with van der Waals surface area (Å²) in [5.41, 5.74) is 0.185. The quantitative estimate of drug-likeness (QED) is 0.346. The van der Waals surface area contributed by atoms with Crippen molar-refractivity contribution < 1.29 is 27.8 Å². The molecule has 0 radical (unpaired) electrons. The van der Waals surface area contributed by atoms with Crippen LogP contribution in [0.25, 0.3) is 0 Å². The zero-order chi connectivity index (χ0) is 24.7. The highest BCUT2D eigenvalue weighted by molar-refractivity contribution is 6.30. The minimum Gasteiger partial charge on any atom is -0.425 e. The van der Waals surface area contributed by atoms with E-state index in [1.165, 1.54) is 16.7 Å². The summed E-state index contributed by atoms with van der Waals surface area (Å²) in [6.45, 7) is 2.67. The van der Waals surface area contributed by atoms with Crippen LogP contribution in [0.15, 0.2) is 48.5 Å². The maximum Gasteiger partial charge on any atom is 0.416 e. The molecule has 1 heterocycles. The Kier molecular flexibility index (Phi) is 8.41. The Morgan fingerprint density at radius 1 is 1.15 bits per heavy atom. The van der Waals surface area contributed by atoms with Gasteiger partial charge in [-0.1, -0.05) is 23.7 Å². The predicted octanol–water partition coefficient (Wildman–Crippen LogP) is 4.94. The minimum absolute atomic E-state index is 0.0259. The molecule has 0 atom stereocenters. The molecule has 0 aliphatic carbocycles. The molecule has 0 spiro atoms. The first kappa shape index (κ1) is 25.4. The van der Waals surface area contributed by atoms with Gasteiger partial charge in [0, 0.05) is 24.7 Å². The average molecular weight is 497 g/mol. The first-order chi connectivity index (χ1) is 16.2. The van der Waals surface area contributed by atoms with Crippen LogP contribution >= 0.6 is 11.6 Å². The van der Waals surface area contributed by atoms with Crippen molar-refractivity contribution in [1.82, 2.24) is 14.9 Å². The van der Waals surface area contributed by atoms with Crippen LogP contribution in [-0.2, 0) is 12.7 Å². The molecule has 3 N–H and O–H groups in total. The Labute approximate surface area is 199 Å². The zero-order valence-corrected chi connectivity index (χ0v) is 19.1. The Hall–Kier alpha value is -3.24. The lowest BCUT2D eigenvalue weighted by Crippen LogP contribution is -2.28. The minimum atomic E-state index is -4.47. The fraction of sp³-hybridized carbons (Fsp3) is 0.304. The van der Waals surface area contributed by atoms with Crippen LogP contribution in [0.5, 0.6) is 11.8 Å². The number of rotatable bonds is 10. The van der Waals surface area contributed by atoms with Crippen molar-refractivity contribution in [2.75, 3.05) is 25.0 Å². The highest BCUT2D eigenvalue weighted by Gasteiger charge is 2.30. The van der Waals surface area contributed by atoms with Gasteiger partial charge in [-0.15, -0.1) is 0 Å². The predicted molar refractivity (Wildman–Crippen MR) is 122 cm³/mol. The van der Waals surface area contributed by atoms with E-state index in [4.69, 9.17) is 21.4 Å². The molecule has 2 aromatic carbocycles. The third kappa shape index (κ3) is 6.42. The largest absolute Gasteiger partial charge is 0.425 e. The van der Waals surface area contributed by atoms with Crippen molar-refractivity contribution in [3.63, 3.8) is 0 Å². The molecule has 0 fully saturated rings. The summed E-state index contributed by atoms with van der Waals surface area (Å²) < 4.78 is 46.1. The summed E-state index contributed by atoms with van der Waals surface area (Å²) in [5.74, 6) is -0.0429. The number of amides is 1. The second-order valence-electron chi connectivity index (χ2n) is 7.29. The van der Waals surface area contributed by atoms with E-state index >= 15 is 0 Å². The normalized spacial score (nSPS) is 11.4. The van der Waals surface area contributed by atoms with Crippen molar-refractivity contribution in [3.05, 3.63) is 70.4 Å². The standard InChI is InChI=1S/C23H24ClF3N4O3/c1-2-28-20-19(21(33)29-12-3-13-32)31(14-15-4-8-17(24)9-5-15)22(30-20)34-18-10-6-16(7-11-18)23(25,26)27/h4-11,28,32H,2-3,12-14H2,1H3,(H,29,33). The Morgan fingerprint density at radius 3 is 2.41 bits per heavy atom. The monoisotopic (exact) mass is 496 g/mol. The van der Waals surface area contributed by atoms with Crippen LogP contribution in [0.1, 0.15) is 35.0 Å². The molecular formula is C23H24ClF3N4O3. The third-order valence-electron chi connectivity index (χ3n) is 4.76. The van der Waals surface area contributed by atoms with Gasteiger partial charge in [-0.05, 0) is 55.3 Å². The number of hydrogen-bond donors (Lipinski definition) is 3. The molecular weight excluding hydrogens is 473 g/mol. The average Bonchev–Trinajstić information content (AvgIpc) is 3.12. The molecule has 182 valence electrons. The van der Waals surface area contributed by atoms with Gasteiger partial charge in [-0.3, -0.25) is 9.36 Å². The summed E-state index contributed by atoms with van der Waals surface area (Å²) in [6.07, 6.45) is -4.09. The molecule has 0 saturated heterocycles. The van der Waals surface area contributed by atoms with E-state index in [9.17, 15) is 18.0 Å². The molecule has 0 unspecified atom stereocenters. The van der Waals surface area contributed by atoms with Crippen molar-refractivity contribution in [1.29, 1.82) is 0 Å². The summed E-state index contributed by atoms with van der Waals surface area (Å²) in [6, 6.07) is 11.2. The number of nitrogens with one attached hydrogen (secondary N) is 2. The van der Waals surface area contributed by atoms with Crippen LogP contribution in [0.3, 0.4) is 0 Å². The van der Waals surface area contributed by atoms with Crippen LogP contribution in [-0.4, -0.2) is 40.3 Å². The smallest absolute Gasteiger partial charge is 0.416 e. The van der Waals surface area contributed by atoms with E-state index in [0.717, 1.165) is 17.7 Å². The highest BCUT2D eigenvalue weighted by atomic mass is 35.5. The molecule has 11 heteroatoms. The zero-order valence-electron chi connectivity index (χ0n) is 18.3. The molecule has 0 bridgehead atoms. The van der Waals surface area contributed by atoms with Gasteiger partial charge in [0.25, 0.3) is 5.91 Å². The third-order valence-corrected chi connectivity index (χ3v) is 5.01. The fourth-order valence-electron chi connectivity index (χ4n) is 3.13. The molecule has 0 aliphatic heterocycles. The first-order valence-electron chi connectivity index (χ1n) is 10.6. The van der Waals surface area contributed by atoms with Crippen LogP contribution in [0, 0.1) is 0 Å². The van der Waals surface area contributed by atoms with Gasteiger partial charge in [-0.25, -0.2) is 0 Å². The number of ether oxygens (including phenoxy) is 1. The van der Waals surface area contributed by atoms with E-state index in [-0.39, 0.29) is 43.0 Å². The lowest BCUT2D eigenvalue weighted by atomic mass is 10.2. The van der Waals surface area contributed by atoms with E-state index < -0.39 is 17.6 Å². The number of aliphatic hydroxyl groups is 1. The van der Waals surface area contributed by atoms with Crippen LogP contribution in [0.4, 0.5) is 19.0 Å². The summed E-state index contributed by atoms with van der Waals surface area (Å²) >= 11 is 5.98. The molecule has 7 nitrogen and oxygen atoms in total. The number of carbonyl (C=O) groups is 1. The number of imidazole rings is 1. The second-order valence-corrected chi connectivity index (χ2v) is 7.73. The van der Waals surface area contributed by atoms with Gasteiger partial charge >= 0.3 is 12.2 Å². The number of nitrogens with zero attached hydrogens (tertiary/aromatic N) is 2. The van der Waals surface area contributed by atoms with Gasteiger partial charge in [0.15, 0.2) is 11.5 Å². The topological polar surface area (TPSA) is 88.4 Å². The van der Waals surface area contributed by atoms with Crippen LogP contribution in [0.2, 0.25) is 5.02 Å². The number of anilines is 1. The van der Waals surface area contributed by atoms with Crippen molar-refractivity contribution in [2.45, 2.75) is 26.1 Å². The van der Waals surface area contributed by atoms with Gasteiger partial charge in [-0.2, -0.15) is 18.2 Å². The lowest BCUT2D eigenvalue weighted by molar-refractivity contribution is -0.137. The Balaban J connectivity index is 2.01. The molecule has 3 rings (SSSR count). The Morgan fingerprint density at radius 2 is 1.82 bits per heavy atom. The first-order valence-corrected chi connectivity index (χ1v) is 10.9. The lowest BCUT2D eigenvalue weighted by Gasteiger charge is -2.14. The van der Waals surface area contributed by atoms with E-state index in [2.05, 4.69) is 15.6 Å². The molecule has 1 aromatic heterocycles.